The van der Waals surface area contributed by atoms with Crippen molar-refractivity contribution in [2.75, 3.05) is 26.4 Å². The second-order valence-electron chi connectivity index (χ2n) is 11.3. The normalized spacial score (nSPS) is 36.5. The molecule has 2 heterocycles. The van der Waals surface area contributed by atoms with E-state index in [0.717, 1.165) is 70.8 Å². The van der Waals surface area contributed by atoms with Crippen molar-refractivity contribution in [2.45, 2.75) is 108 Å². The molecule has 2 saturated heterocycles. The van der Waals surface area contributed by atoms with Gasteiger partial charge in [0.15, 0.2) is 6.23 Å². The van der Waals surface area contributed by atoms with Crippen LogP contribution in [0.25, 0.3) is 0 Å². The van der Waals surface area contributed by atoms with E-state index in [-0.39, 0.29) is 42.4 Å². The van der Waals surface area contributed by atoms with Crippen molar-refractivity contribution in [1.82, 2.24) is 19.4 Å². The van der Waals surface area contributed by atoms with Crippen molar-refractivity contribution in [1.29, 1.82) is 0 Å². The Bertz CT molecular complexity index is 869. The molecule has 4 aliphatic rings. The first kappa shape index (κ1) is 26.7. The molecule has 9 nitrogen and oxygen atoms in total. The SMILES string of the molecule is CC(=O)N1C(C)CN(C(=O)OC2CCCCN2)C2CC(C3CCC(N(C)S(C)(=O)=O)CC3)CCC21. The van der Waals surface area contributed by atoms with Gasteiger partial charge in [-0.1, -0.05) is 0 Å². The summed E-state index contributed by atoms with van der Waals surface area (Å²) in [6.07, 6.45) is 10.4. The predicted octanol–water partition coefficient (Wildman–Crippen LogP) is 2.76. The molecule has 35 heavy (non-hydrogen) atoms. The molecule has 1 N–H and O–H groups in total. The summed E-state index contributed by atoms with van der Waals surface area (Å²) in [5.41, 5.74) is 0. The van der Waals surface area contributed by atoms with Gasteiger partial charge < -0.3 is 14.5 Å². The molecular weight excluding hydrogens is 468 g/mol. The summed E-state index contributed by atoms with van der Waals surface area (Å²) in [5, 5.41) is 3.30. The number of piperidine rings is 1. The molecule has 5 atom stereocenters. The molecule has 2 aliphatic carbocycles. The van der Waals surface area contributed by atoms with E-state index in [9.17, 15) is 18.0 Å². The molecule has 0 aromatic rings. The van der Waals surface area contributed by atoms with Crippen LogP contribution in [0.3, 0.4) is 0 Å². The highest BCUT2D eigenvalue weighted by atomic mass is 32.2. The molecule has 2 aliphatic heterocycles. The number of piperazine rings is 1. The lowest BCUT2D eigenvalue weighted by Gasteiger charge is -2.54. The van der Waals surface area contributed by atoms with Crippen LogP contribution in [0.15, 0.2) is 0 Å². The van der Waals surface area contributed by atoms with Crippen LogP contribution in [-0.4, -0.2) is 91.3 Å². The maximum Gasteiger partial charge on any atom is 0.411 e. The molecule has 0 radical (unpaired) electrons. The highest BCUT2D eigenvalue weighted by Gasteiger charge is 2.48. The number of fused-ring (bicyclic) bond motifs is 1. The topological polar surface area (TPSA) is 99.3 Å². The molecule has 0 aromatic heterocycles. The number of rotatable bonds is 4. The Kier molecular flexibility index (Phi) is 8.32. The van der Waals surface area contributed by atoms with Crippen LogP contribution in [0.1, 0.15) is 78.1 Å². The van der Waals surface area contributed by atoms with Crippen LogP contribution in [0.2, 0.25) is 0 Å². The van der Waals surface area contributed by atoms with Crippen molar-refractivity contribution >= 4 is 22.0 Å². The number of hydrogen-bond donors (Lipinski definition) is 1. The molecule has 200 valence electrons. The summed E-state index contributed by atoms with van der Waals surface area (Å²) in [7, 11) is -1.49. The van der Waals surface area contributed by atoms with E-state index in [1.165, 1.54) is 10.6 Å². The quantitative estimate of drug-likeness (QED) is 0.622. The molecule has 5 unspecified atom stereocenters. The molecule has 0 spiro atoms. The number of hydrogen-bond acceptors (Lipinski definition) is 6. The molecule has 0 aromatic carbocycles. The zero-order valence-electron chi connectivity index (χ0n) is 21.8. The molecule has 10 heteroatoms. The molecule has 4 rings (SSSR count). The van der Waals surface area contributed by atoms with Crippen LogP contribution < -0.4 is 5.32 Å². The lowest BCUT2D eigenvalue weighted by molar-refractivity contribution is -0.143. The van der Waals surface area contributed by atoms with Gasteiger partial charge in [0.05, 0.1) is 18.3 Å². The minimum Gasteiger partial charge on any atom is -0.430 e. The van der Waals surface area contributed by atoms with Crippen molar-refractivity contribution in [2.24, 2.45) is 11.8 Å². The van der Waals surface area contributed by atoms with Crippen LogP contribution >= 0.6 is 0 Å². The first-order valence-electron chi connectivity index (χ1n) is 13.5. The summed E-state index contributed by atoms with van der Waals surface area (Å²) in [6, 6.07) is 0.0587. The Labute approximate surface area is 211 Å². The summed E-state index contributed by atoms with van der Waals surface area (Å²) >= 11 is 0. The molecule has 4 fully saturated rings. The Morgan fingerprint density at radius 2 is 1.66 bits per heavy atom. The fourth-order valence-electron chi connectivity index (χ4n) is 7.16. The second-order valence-corrected chi connectivity index (χ2v) is 13.3. The predicted molar refractivity (Wildman–Crippen MR) is 134 cm³/mol. The Morgan fingerprint density at radius 3 is 2.26 bits per heavy atom. The Hall–Kier alpha value is -1.39. The lowest BCUT2D eigenvalue weighted by Crippen LogP contribution is -2.67. The molecule has 0 bridgehead atoms. The monoisotopic (exact) mass is 512 g/mol. The van der Waals surface area contributed by atoms with Crippen molar-refractivity contribution in [3.05, 3.63) is 0 Å². The lowest BCUT2D eigenvalue weighted by atomic mass is 9.69. The largest absolute Gasteiger partial charge is 0.430 e. The first-order chi connectivity index (χ1) is 16.6. The van der Waals surface area contributed by atoms with Gasteiger partial charge in [-0.25, -0.2) is 17.5 Å². The first-order valence-corrected chi connectivity index (χ1v) is 15.3. The fraction of sp³-hybridized carbons (Fsp3) is 0.920. The summed E-state index contributed by atoms with van der Waals surface area (Å²) < 4.78 is 31.4. The third-order valence-corrected chi connectivity index (χ3v) is 10.4. The van der Waals surface area contributed by atoms with E-state index in [1.807, 2.05) is 16.7 Å². The van der Waals surface area contributed by atoms with Gasteiger partial charge in [-0.15, -0.1) is 0 Å². The van der Waals surface area contributed by atoms with Gasteiger partial charge in [-0.3, -0.25) is 10.1 Å². The number of nitrogens with one attached hydrogen (secondary N) is 1. The summed E-state index contributed by atoms with van der Waals surface area (Å²) in [4.78, 5) is 29.8. The van der Waals surface area contributed by atoms with E-state index < -0.39 is 10.0 Å². The van der Waals surface area contributed by atoms with Crippen molar-refractivity contribution in [3.63, 3.8) is 0 Å². The van der Waals surface area contributed by atoms with Crippen LogP contribution in [0, 0.1) is 11.8 Å². The van der Waals surface area contributed by atoms with Crippen LogP contribution in [0.5, 0.6) is 0 Å². The van der Waals surface area contributed by atoms with E-state index in [1.54, 1.807) is 14.0 Å². The Morgan fingerprint density at radius 1 is 0.971 bits per heavy atom. The number of ether oxygens (including phenoxy) is 1. The number of amides is 2. The zero-order chi connectivity index (χ0) is 25.3. The van der Waals surface area contributed by atoms with E-state index in [2.05, 4.69) is 5.32 Å². The maximum absolute atomic E-state index is 13.3. The summed E-state index contributed by atoms with van der Waals surface area (Å²) in [5.74, 6) is 1.09. The third-order valence-electron chi connectivity index (χ3n) is 9.07. The summed E-state index contributed by atoms with van der Waals surface area (Å²) in [6.45, 7) is 5.05. The fourth-order valence-corrected chi connectivity index (χ4v) is 7.91. The number of carbonyl (C=O) groups is 2. The van der Waals surface area contributed by atoms with Gasteiger partial charge in [0.2, 0.25) is 15.9 Å². The molecule has 2 amide bonds. The Balaban J connectivity index is 1.44. The van der Waals surface area contributed by atoms with Gasteiger partial charge in [0.25, 0.3) is 0 Å². The number of carbonyl (C=O) groups excluding carboxylic acids is 2. The smallest absolute Gasteiger partial charge is 0.411 e. The highest BCUT2D eigenvalue weighted by Crippen LogP contribution is 2.43. The minimum absolute atomic E-state index is 0.0265. The van der Waals surface area contributed by atoms with Gasteiger partial charge in [-0.2, -0.15) is 0 Å². The van der Waals surface area contributed by atoms with E-state index >= 15 is 0 Å². The number of sulfonamides is 1. The van der Waals surface area contributed by atoms with Gasteiger partial charge >= 0.3 is 6.09 Å². The molecular formula is C25H44N4O5S. The van der Waals surface area contributed by atoms with Crippen molar-refractivity contribution in [3.8, 4) is 0 Å². The van der Waals surface area contributed by atoms with E-state index in [0.29, 0.717) is 18.4 Å². The van der Waals surface area contributed by atoms with Crippen molar-refractivity contribution < 1.29 is 22.7 Å². The minimum atomic E-state index is -3.18. The van der Waals surface area contributed by atoms with Crippen LogP contribution in [0.4, 0.5) is 4.79 Å². The van der Waals surface area contributed by atoms with Gasteiger partial charge in [0.1, 0.15) is 0 Å². The molecule has 2 saturated carbocycles. The second kappa shape index (κ2) is 10.9. The number of nitrogens with zero attached hydrogens (tertiary/aromatic N) is 3. The van der Waals surface area contributed by atoms with E-state index in [4.69, 9.17) is 4.74 Å². The maximum atomic E-state index is 13.3. The standard InChI is InChI=1S/C25H44N4O5S/c1-17-16-28(25(31)34-24-7-5-6-14-26-24)23-15-20(10-13-22(23)29(17)18(2)30)19-8-11-21(12-9-19)27(3)35(4,32)33/h17,19-24,26H,5-16H2,1-4H3. The third kappa shape index (κ3) is 5.96. The van der Waals surface area contributed by atoms with Crippen LogP contribution in [-0.2, 0) is 19.6 Å². The highest BCUT2D eigenvalue weighted by molar-refractivity contribution is 7.88. The average molecular weight is 513 g/mol. The zero-order valence-corrected chi connectivity index (χ0v) is 22.6. The van der Waals surface area contributed by atoms with Gasteiger partial charge in [0, 0.05) is 32.6 Å². The van der Waals surface area contributed by atoms with Gasteiger partial charge in [-0.05, 0) is 89.5 Å². The average Bonchev–Trinajstić information content (AvgIpc) is 2.82.